The third-order valence-electron chi connectivity index (χ3n) is 3.30. The van der Waals surface area contributed by atoms with Gasteiger partial charge in [-0.3, -0.25) is 0 Å². The van der Waals surface area contributed by atoms with Crippen LogP contribution >= 0.6 is 0 Å². The molecule has 0 amide bonds. The minimum absolute atomic E-state index is 0.00997. The molecule has 2 unspecified atom stereocenters. The highest BCUT2D eigenvalue weighted by molar-refractivity contribution is 5.42. The second-order valence-corrected chi connectivity index (χ2v) is 5.73. The molecular weight excluding hydrogens is 226 g/mol. The van der Waals surface area contributed by atoms with Crippen molar-refractivity contribution in [2.45, 2.75) is 45.3 Å². The number of hydrogen-bond acceptors (Lipinski definition) is 3. The summed E-state index contributed by atoms with van der Waals surface area (Å²) >= 11 is 0. The fraction of sp³-hybridized carbons (Fsp3) is 0.600. The summed E-state index contributed by atoms with van der Waals surface area (Å²) in [6.07, 6.45) is -0.512. The Labute approximate surface area is 110 Å². The lowest BCUT2D eigenvalue weighted by molar-refractivity contribution is 0.140. The molecule has 0 saturated carbocycles. The van der Waals surface area contributed by atoms with Crippen molar-refractivity contribution in [3.8, 4) is 5.75 Å². The van der Waals surface area contributed by atoms with Crippen molar-refractivity contribution in [2.24, 2.45) is 0 Å². The Hall–Kier alpha value is -1.06. The topological polar surface area (TPSA) is 41.5 Å². The predicted molar refractivity (Wildman–Crippen MR) is 75.2 cm³/mol. The summed E-state index contributed by atoms with van der Waals surface area (Å²) < 4.78 is 5.40. The third kappa shape index (κ3) is 3.24. The molecule has 102 valence electrons. The van der Waals surface area contributed by atoms with E-state index in [9.17, 15) is 5.11 Å². The number of ether oxygens (including phenoxy) is 1. The Morgan fingerprint density at radius 1 is 1.28 bits per heavy atom. The molecule has 0 spiro atoms. The molecule has 3 nitrogen and oxygen atoms in total. The van der Waals surface area contributed by atoms with E-state index in [1.165, 1.54) is 0 Å². The molecule has 0 saturated heterocycles. The third-order valence-corrected chi connectivity index (χ3v) is 3.30. The molecule has 1 aromatic carbocycles. The van der Waals surface area contributed by atoms with Gasteiger partial charge in [-0.1, -0.05) is 26.8 Å². The van der Waals surface area contributed by atoms with Crippen LogP contribution in [-0.4, -0.2) is 25.3 Å². The lowest BCUT2D eigenvalue weighted by Crippen LogP contribution is -2.29. The predicted octanol–water partition coefficient (Wildman–Crippen LogP) is 2.63. The number of nitrogens with one attached hydrogen (secondary N) is 1. The number of aliphatic hydroxyl groups is 1. The van der Waals surface area contributed by atoms with Crippen molar-refractivity contribution in [1.29, 1.82) is 0 Å². The highest BCUT2D eigenvalue weighted by Crippen LogP contribution is 2.33. The average Bonchev–Trinajstić information content (AvgIpc) is 2.35. The van der Waals surface area contributed by atoms with E-state index in [0.717, 1.165) is 16.9 Å². The Kier molecular flexibility index (Phi) is 4.77. The summed E-state index contributed by atoms with van der Waals surface area (Å²) in [6, 6.07) is 5.91. The normalized spacial score (nSPS) is 15.3. The van der Waals surface area contributed by atoms with E-state index in [2.05, 4.69) is 26.1 Å². The Morgan fingerprint density at radius 3 is 2.33 bits per heavy atom. The zero-order valence-electron chi connectivity index (χ0n) is 12.2. The van der Waals surface area contributed by atoms with Crippen LogP contribution in [0.2, 0.25) is 0 Å². The van der Waals surface area contributed by atoms with Gasteiger partial charge in [0.05, 0.1) is 13.2 Å². The van der Waals surface area contributed by atoms with Crippen LogP contribution in [0.15, 0.2) is 18.2 Å². The second kappa shape index (κ2) is 5.72. The number of hydrogen-bond donors (Lipinski definition) is 2. The molecule has 1 rings (SSSR count). The maximum Gasteiger partial charge on any atom is 0.122 e. The van der Waals surface area contributed by atoms with Crippen LogP contribution in [0, 0.1) is 0 Å². The standard InChI is InChI=1S/C15H25NO2/c1-10(16-5)14(17)11-7-8-13(18-6)12(9-11)15(2,3)4/h7-10,14,16-17H,1-6H3. The largest absolute Gasteiger partial charge is 0.496 e. The minimum Gasteiger partial charge on any atom is -0.496 e. The van der Waals surface area contributed by atoms with Crippen LogP contribution in [0.25, 0.3) is 0 Å². The zero-order valence-corrected chi connectivity index (χ0v) is 12.2. The lowest BCUT2D eigenvalue weighted by Gasteiger charge is -2.25. The van der Waals surface area contributed by atoms with Crippen LogP contribution in [0.5, 0.6) is 5.75 Å². The summed E-state index contributed by atoms with van der Waals surface area (Å²) in [4.78, 5) is 0. The first-order valence-electron chi connectivity index (χ1n) is 6.35. The van der Waals surface area contributed by atoms with Crippen LogP contribution in [-0.2, 0) is 5.41 Å². The van der Waals surface area contributed by atoms with Crippen molar-refractivity contribution in [3.63, 3.8) is 0 Å². The van der Waals surface area contributed by atoms with Crippen LogP contribution in [0.3, 0.4) is 0 Å². The molecule has 0 aliphatic rings. The second-order valence-electron chi connectivity index (χ2n) is 5.73. The molecule has 0 aliphatic heterocycles. The minimum atomic E-state index is -0.512. The van der Waals surface area contributed by atoms with Gasteiger partial charge in [0.1, 0.15) is 5.75 Å². The smallest absolute Gasteiger partial charge is 0.122 e. The van der Waals surface area contributed by atoms with E-state index in [-0.39, 0.29) is 11.5 Å². The molecule has 18 heavy (non-hydrogen) atoms. The van der Waals surface area contributed by atoms with Crippen molar-refractivity contribution in [2.75, 3.05) is 14.2 Å². The van der Waals surface area contributed by atoms with Gasteiger partial charge in [0.2, 0.25) is 0 Å². The molecule has 0 heterocycles. The highest BCUT2D eigenvalue weighted by atomic mass is 16.5. The van der Waals surface area contributed by atoms with Crippen LogP contribution < -0.4 is 10.1 Å². The van der Waals surface area contributed by atoms with E-state index < -0.39 is 6.10 Å². The number of aliphatic hydroxyl groups excluding tert-OH is 1. The van der Waals surface area contributed by atoms with Crippen LogP contribution in [0.1, 0.15) is 44.9 Å². The molecule has 3 heteroatoms. The van der Waals surface area contributed by atoms with Gasteiger partial charge in [0, 0.05) is 6.04 Å². The van der Waals surface area contributed by atoms with Gasteiger partial charge in [0.15, 0.2) is 0 Å². The Morgan fingerprint density at radius 2 is 1.89 bits per heavy atom. The molecule has 2 N–H and O–H groups in total. The maximum absolute atomic E-state index is 10.2. The SMILES string of the molecule is CNC(C)C(O)c1ccc(OC)c(C(C)(C)C)c1. The van der Waals surface area contributed by atoms with E-state index in [1.807, 2.05) is 32.2 Å². The average molecular weight is 251 g/mol. The summed E-state index contributed by atoms with van der Waals surface area (Å²) in [5.74, 6) is 0.871. The van der Waals surface area contributed by atoms with E-state index in [0.29, 0.717) is 0 Å². The van der Waals surface area contributed by atoms with Gasteiger partial charge in [0.25, 0.3) is 0 Å². The first-order valence-corrected chi connectivity index (χ1v) is 6.35. The molecule has 0 aromatic heterocycles. The van der Waals surface area contributed by atoms with E-state index in [4.69, 9.17) is 4.74 Å². The van der Waals surface area contributed by atoms with Crippen LogP contribution in [0.4, 0.5) is 0 Å². The molecule has 0 bridgehead atoms. The molecule has 0 aliphatic carbocycles. The molecule has 2 atom stereocenters. The summed E-state index contributed by atoms with van der Waals surface area (Å²) in [7, 11) is 3.53. The van der Waals surface area contributed by atoms with E-state index >= 15 is 0 Å². The van der Waals surface area contributed by atoms with E-state index in [1.54, 1.807) is 7.11 Å². The first-order chi connectivity index (χ1) is 8.31. The van der Waals surface area contributed by atoms with Gasteiger partial charge in [-0.05, 0) is 42.6 Å². The molecule has 1 aromatic rings. The lowest BCUT2D eigenvalue weighted by atomic mass is 9.84. The first kappa shape index (κ1) is 15.0. The van der Waals surface area contributed by atoms with Gasteiger partial charge in [-0.25, -0.2) is 0 Å². The molecular formula is C15H25NO2. The Balaban J connectivity index is 3.18. The van der Waals surface area contributed by atoms with Gasteiger partial charge >= 0.3 is 0 Å². The monoisotopic (exact) mass is 251 g/mol. The molecule has 0 radical (unpaired) electrons. The van der Waals surface area contributed by atoms with Gasteiger partial charge in [-0.2, -0.15) is 0 Å². The number of methoxy groups -OCH3 is 1. The van der Waals surface area contributed by atoms with Crippen molar-refractivity contribution in [1.82, 2.24) is 5.32 Å². The summed E-state index contributed by atoms with van der Waals surface area (Å²) in [5, 5.41) is 13.3. The van der Waals surface area contributed by atoms with Gasteiger partial charge < -0.3 is 15.2 Å². The van der Waals surface area contributed by atoms with Gasteiger partial charge in [-0.15, -0.1) is 0 Å². The molecule has 0 fully saturated rings. The maximum atomic E-state index is 10.2. The number of likely N-dealkylation sites (N-methyl/N-ethyl adjacent to an activating group) is 1. The number of rotatable bonds is 4. The van der Waals surface area contributed by atoms with Crippen molar-refractivity contribution in [3.05, 3.63) is 29.3 Å². The number of benzene rings is 1. The summed E-state index contributed by atoms with van der Waals surface area (Å²) in [5.41, 5.74) is 2.02. The highest BCUT2D eigenvalue weighted by Gasteiger charge is 2.22. The van der Waals surface area contributed by atoms with Crippen molar-refractivity contribution >= 4 is 0 Å². The quantitative estimate of drug-likeness (QED) is 0.864. The van der Waals surface area contributed by atoms with Crippen molar-refractivity contribution < 1.29 is 9.84 Å². The summed E-state index contributed by atoms with van der Waals surface area (Å²) in [6.45, 7) is 8.39. The fourth-order valence-corrected chi connectivity index (χ4v) is 1.94. The fourth-order valence-electron chi connectivity index (χ4n) is 1.94. The Bertz CT molecular complexity index is 396. The zero-order chi connectivity index (χ0) is 13.9.